The van der Waals surface area contributed by atoms with Gasteiger partial charge in [0.1, 0.15) is 0 Å². The van der Waals surface area contributed by atoms with Gasteiger partial charge in [0.2, 0.25) is 0 Å². The summed E-state index contributed by atoms with van der Waals surface area (Å²) in [5, 5.41) is 8.66. The topological polar surface area (TPSA) is 59.3 Å². The van der Waals surface area contributed by atoms with E-state index < -0.39 is 5.97 Å². The minimum Gasteiger partial charge on any atom is -0.478 e. The van der Waals surface area contributed by atoms with Crippen LogP contribution in [0.15, 0.2) is 23.0 Å². The molecule has 4 nitrogen and oxygen atoms in total. The highest BCUT2D eigenvalue weighted by Gasteiger charge is 2.19. The molecule has 1 aromatic rings. The van der Waals surface area contributed by atoms with Crippen LogP contribution in [0.4, 0.5) is 0 Å². The van der Waals surface area contributed by atoms with E-state index in [-0.39, 0.29) is 11.0 Å². The van der Waals surface area contributed by atoms with Crippen molar-refractivity contribution >= 4 is 12.0 Å². The largest absolute Gasteiger partial charge is 0.478 e. The van der Waals surface area contributed by atoms with E-state index >= 15 is 0 Å². The van der Waals surface area contributed by atoms with Crippen molar-refractivity contribution in [1.29, 1.82) is 0 Å². The number of hydrogen-bond donors (Lipinski definition) is 1. The van der Waals surface area contributed by atoms with E-state index in [9.17, 15) is 9.59 Å². The van der Waals surface area contributed by atoms with Gasteiger partial charge in [-0.1, -0.05) is 34.1 Å². The summed E-state index contributed by atoms with van der Waals surface area (Å²) >= 11 is 0. The molecule has 0 atom stereocenters. The minimum absolute atomic E-state index is 0.122. The molecule has 0 saturated heterocycles. The highest BCUT2D eigenvalue weighted by molar-refractivity contribution is 5.85. The number of carbonyl (C=O) groups is 1. The van der Waals surface area contributed by atoms with E-state index in [4.69, 9.17) is 5.11 Å². The van der Waals surface area contributed by atoms with Crippen LogP contribution in [0.2, 0.25) is 0 Å². The molecule has 1 rings (SSSR count). The molecule has 0 bridgehead atoms. The Morgan fingerprint density at radius 3 is 2.50 bits per heavy atom. The van der Waals surface area contributed by atoms with Crippen LogP contribution in [-0.2, 0) is 16.8 Å². The lowest BCUT2D eigenvalue weighted by molar-refractivity contribution is -0.131. The summed E-state index contributed by atoms with van der Waals surface area (Å²) in [6, 6.07) is 3.61. The first kappa shape index (κ1) is 16.2. The second-order valence-electron chi connectivity index (χ2n) is 5.91. The third-order valence-corrected chi connectivity index (χ3v) is 3.11. The highest BCUT2D eigenvalue weighted by atomic mass is 16.4. The average Bonchev–Trinajstić information content (AvgIpc) is 2.34. The molecule has 0 amide bonds. The fourth-order valence-electron chi connectivity index (χ4n) is 2.08. The van der Waals surface area contributed by atoms with Crippen molar-refractivity contribution in [3.63, 3.8) is 0 Å². The van der Waals surface area contributed by atoms with Crippen molar-refractivity contribution in [2.24, 2.45) is 0 Å². The highest BCUT2D eigenvalue weighted by Crippen LogP contribution is 2.21. The van der Waals surface area contributed by atoms with E-state index in [0.29, 0.717) is 12.1 Å². The van der Waals surface area contributed by atoms with Crippen molar-refractivity contribution in [2.75, 3.05) is 0 Å². The quantitative estimate of drug-likeness (QED) is 0.841. The van der Waals surface area contributed by atoms with E-state index in [1.807, 2.05) is 6.07 Å². The summed E-state index contributed by atoms with van der Waals surface area (Å²) in [4.78, 5) is 23.0. The van der Waals surface area contributed by atoms with Crippen molar-refractivity contribution < 1.29 is 9.90 Å². The summed E-state index contributed by atoms with van der Waals surface area (Å²) in [6.45, 7) is 8.94. The number of rotatable bonds is 5. The summed E-state index contributed by atoms with van der Waals surface area (Å²) in [5.74, 6) is -1.05. The number of aliphatic carboxylic acids is 1. The first-order valence-corrected chi connectivity index (χ1v) is 6.92. The number of carboxylic acid groups (broad SMARTS) is 1. The Morgan fingerprint density at radius 1 is 1.35 bits per heavy atom. The Hall–Kier alpha value is -1.84. The van der Waals surface area contributed by atoms with Crippen LogP contribution < -0.4 is 5.56 Å². The number of aromatic nitrogens is 1. The molecule has 0 aliphatic rings. The average molecular weight is 277 g/mol. The van der Waals surface area contributed by atoms with Gasteiger partial charge >= 0.3 is 5.97 Å². The van der Waals surface area contributed by atoms with Gasteiger partial charge in [-0.25, -0.2) is 4.79 Å². The molecule has 1 heterocycles. The van der Waals surface area contributed by atoms with Gasteiger partial charge in [0.15, 0.2) is 0 Å². The molecule has 0 spiro atoms. The zero-order chi connectivity index (χ0) is 15.3. The summed E-state index contributed by atoms with van der Waals surface area (Å²) < 4.78 is 1.77. The maximum atomic E-state index is 12.5. The normalized spacial score (nSPS) is 12.0. The minimum atomic E-state index is -1.05. The van der Waals surface area contributed by atoms with Gasteiger partial charge < -0.3 is 9.67 Å². The van der Waals surface area contributed by atoms with Gasteiger partial charge in [-0.05, 0) is 24.6 Å². The van der Waals surface area contributed by atoms with Crippen molar-refractivity contribution in [1.82, 2.24) is 4.57 Å². The van der Waals surface area contributed by atoms with Crippen LogP contribution in [0, 0.1) is 0 Å². The maximum absolute atomic E-state index is 12.5. The lowest BCUT2D eigenvalue weighted by Gasteiger charge is -2.24. The molecule has 4 heteroatoms. The Labute approximate surface area is 119 Å². The van der Waals surface area contributed by atoms with Gasteiger partial charge in [0.05, 0.1) is 0 Å². The van der Waals surface area contributed by atoms with Crippen LogP contribution in [0.3, 0.4) is 0 Å². The van der Waals surface area contributed by atoms with Crippen molar-refractivity contribution in [3.05, 3.63) is 39.8 Å². The molecule has 0 fully saturated rings. The third-order valence-electron chi connectivity index (χ3n) is 3.11. The fraction of sp³-hybridized carbons (Fsp3) is 0.500. The van der Waals surface area contributed by atoms with Crippen LogP contribution in [0.5, 0.6) is 0 Å². The fourth-order valence-corrected chi connectivity index (χ4v) is 2.08. The SMILES string of the molecule is CCCCn1c(C(C)(C)C)ccc(/C=C/C(=O)O)c1=O. The summed E-state index contributed by atoms with van der Waals surface area (Å²) in [7, 11) is 0. The molecule has 0 radical (unpaired) electrons. The molecule has 0 unspecified atom stereocenters. The third kappa shape index (κ3) is 4.08. The molecule has 0 aromatic carbocycles. The number of unbranched alkanes of at least 4 members (excludes halogenated alkanes) is 1. The van der Waals surface area contributed by atoms with Gasteiger partial charge in [-0.15, -0.1) is 0 Å². The molecule has 110 valence electrons. The van der Waals surface area contributed by atoms with E-state index in [1.165, 1.54) is 6.08 Å². The van der Waals surface area contributed by atoms with Crippen LogP contribution in [0.1, 0.15) is 51.8 Å². The van der Waals surface area contributed by atoms with Crippen LogP contribution >= 0.6 is 0 Å². The Morgan fingerprint density at radius 2 is 2.00 bits per heavy atom. The van der Waals surface area contributed by atoms with E-state index in [2.05, 4.69) is 27.7 Å². The number of hydrogen-bond acceptors (Lipinski definition) is 2. The van der Waals surface area contributed by atoms with Crippen molar-refractivity contribution in [2.45, 2.75) is 52.5 Å². The second kappa shape index (κ2) is 6.55. The lowest BCUT2D eigenvalue weighted by Crippen LogP contribution is -2.31. The monoisotopic (exact) mass is 277 g/mol. The predicted molar refractivity (Wildman–Crippen MR) is 81.0 cm³/mol. The second-order valence-corrected chi connectivity index (χ2v) is 5.91. The molecular weight excluding hydrogens is 254 g/mol. The molecular formula is C16H23NO3. The van der Waals surface area contributed by atoms with Gasteiger partial charge in [0, 0.05) is 29.3 Å². The van der Waals surface area contributed by atoms with Gasteiger partial charge in [0.25, 0.3) is 5.56 Å². The number of carboxylic acids is 1. The smallest absolute Gasteiger partial charge is 0.328 e. The molecule has 1 aromatic heterocycles. The zero-order valence-corrected chi connectivity index (χ0v) is 12.6. The van der Waals surface area contributed by atoms with Crippen LogP contribution in [-0.4, -0.2) is 15.6 Å². The lowest BCUT2D eigenvalue weighted by atomic mass is 9.90. The molecule has 0 aliphatic carbocycles. The first-order valence-electron chi connectivity index (χ1n) is 6.92. The molecule has 0 saturated carbocycles. The first-order chi connectivity index (χ1) is 9.27. The standard InChI is InChI=1S/C16H23NO3/c1-5-6-11-17-13(16(2,3)4)9-7-12(15(17)20)8-10-14(18)19/h7-10H,5-6,11H2,1-4H3,(H,18,19)/b10-8+. The number of pyridine rings is 1. The van der Waals surface area contributed by atoms with Gasteiger partial charge in [-0.3, -0.25) is 4.79 Å². The zero-order valence-electron chi connectivity index (χ0n) is 12.6. The molecule has 20 heavy (non-hydrogen) atoms. The predicted octanol–water partition coefficient (Wildman–Crippen LogP) is 3.04. The van der Waals surface area contributed by atoms with Crippen molar-refractivity contribution in [3.8, 4) is 0 Å². The Balaban J connectivity index is 3.35. The Kier molecular flexibility index (Phi) is 5.31. The van der Waals surface area contributed by atoms with Crippen LogP contribution in [0.25, 0.3) is 6.08 Å². The maximum Gasteiger partial charge on any atom is 0.328 e. The van der Waals surface area contributed by atoms with E-state index in [0.717, 1.165) is 24.6 Å². The molecule has 1 N–H and O–H groups in total. The van der Waals surface area contributed by atoms with E-state index in [1.54, 1.807) is 10.6 Å². The summed E-state index contributed by atoms with van der Waals surface area (Å²) in [6.07, 6.45) is 4.29. The Bertz CT molecular complexity index is 562. The molecule has 0 aliphatic heterocycles. The van der Waals surface area contributed by atoms with Gasteiger partial charge in [-0.2, -0.15) is 0 Å². The number of nitrogens with zero attached hydrogens (tertiary/aromatic N) is 1. The summed E-state index contributed by atoms with van der Waals surface area (Å²) in [5.41, 5.74) is 1.14.